The number of benzene rings is 1. The minimum absolute atomic E-state index is 0.304. The number of piperidine rings is 1. The Morgan fingerprint density at radius 3 is 2.89 bits per heavy atom. The summed E-state index contributed by atoms with van der Waals surface area (Å²) in [5, 5.41) is 7.97. The number of nitrogen functional groups attached to an aromatic ring is 1. The number of fused-ring (bicyclic) bond motifs is 1. The molecule has 0 bridgehead atoms. The van der Waals surface area contributed by atoms with E-state index in [1.54, 1.807) is 4.52 Å². The number of hydrogen-bond donors (Lipinski definition) is 2. The fourth-order valence-corrected chi connectivity index (χ4v) is 3.67. The van der Waals surface area contributed by atoms with E-state index in [9.17, 15) is 0 Å². The van der Waals surface area contributed by atoms with Crippen molar-refractivity contribution in [2.45, 2.75) is 44.9 Å². The molecule has 7 nitrogen and oxygen atoms in total. The van der Waals surface area contributed by atoms with Gasteiger partial charge < -0.3 is 15.8 Å². The summed E-state index contributed by atoms with van der Waals surface area (Å²) in [6, 6.07) is 9.20. The number of rotatable bonds is 7. The first-order valence-electron chi connectivity index (χ1n) is 10.2. The highest BCUT2D eigenvalue weighted by Gasteiger charge is 2.16. The summed E-state index contributed by atoms with van der Waals surface area (Å²) < 4.78 is 7.39. The Morgan fingerprint density at radius 2 is 2.14 bits per heavy atom. The highest BCUT2D eigenvalue weighted by atomic mass is 16.5. The van der Waals surface area contributed by atoms with Gasteiger partial charge >= 0.3 is 6.01 Å². The van der Waals surface area contributed by atoms with E-state index in [1.807, 2.05) is 6.20 Å². The first kappa shape index (κ1) is 18.7. The molecular weight excluding hydrogens is 352 g/mol. The van der Waals surface area contributed by atoms with Gasteiger partial charge in [0.1, 0.15) is 0 Å². The molecule has 1 unspecified atom stereocenters. The zero-order chi connectivity index (χ0) is 19.3. The zero-order valence-corrected chi connectivity index (χ0v) is 16.4. The Balaban J connectivity index is 1.52. The van der Waals surface area contributed by atoms with Crippen molar-refractivity contribution in [3.8, 4) is 6.01 Å². The molecule has 0 radical (unpaired) electrons. The number of aromatic nitrogens is 4. The summed E-state index contributed by atoms with van der Waals surface area (Å²) in [6.45, 7) is 4.91. The molecule has 0 aliphatic carbocycles. The predicted molar refractivity (Wildman–Crippen MR) is 110 cm³/mol. The second-order valence-corrected chi connectivity index (χ2v) is 7.43. The van der Waals surface area contributed by atoms with Gasteiger partial charge in [0, 0.05) is 13.0 Å². The first-order chi connectivity index (χ1) is 13.7. The maximum absolute atomic E-state index is 6.05. The van der Waals surface area contributed by atoms with E-state index < -0.39 is 0 Å². The molecule has 3 heterocycles. The number of imidazole rings is 1. The summed E-state index contributed by atoms with van der Waals surface area (Å²) in [6.07, 6.45) is 7.07. The van der Waals surface area contributed by atoms with Crippen LogP contribution in [0.15, 0.2) is 30.5 Å². The number of hydrogen-bond acceptors (Lipinski definition) is 6. The maximum atomic E-state index is 6.05. The highest BCUT2D eigenvalue weighted by molar-refractivity contribution is 5.59. The van der Waals surface area contributed by atoms with Crippen LogP contribution in [-0.2, 0) is 6.42 Å². The molecule has 28 heavy (non-hydrogen) atoms. The molecule has 148 valence electrons. The van der Waals surface area contributed by atoms with Crippen molar-refractivity contribution in [1.82, 2.24) is 24.9 Å². The number of ether oxygens (including phenoxy) is 1. The Bertz CT molecular complexity index is 915. The van der Waals surface area contributed by atoms with Gasteiger partial charge in [-0.25, -0.2) is 9.50 Å². The molecule has 1 saturated heterocycles. The van der Waals surface area contributed by atoms with Crippen LogP contribution >= 0.6 is 0 Å². The third kappa shape index (κ3) is 4.09. The average Bonchev–Trinajstić information content (AvgIpc) is 3.13. The van der Waals surface area contributed by atoms with Crippen molar-refractivity contribution >= 4 is 11.5 Å². The molecule has 0 spiro atoms. The van der Waals surface area contributed by atoms with Crippen LogP contribution in [0.3, 0.4) is 0 Å². The quantitative estimate of drug-likeness (QED) is 0.613. The van der Waals surface area contributed by atoms with E-state index in [0.29, 0.717) is 30.0 Å². The number of unbranched alkanes of at least 4 members (excludes halogenated alkanes) is 1. The molecule has 0 saturated carbocycles. The standard InChI is InChI=1S/C21H28N6O/c1-2-3-11-28-21-25-19(22)20-24-14-18(27(20)26-21)12-15-6-8-16(9-7-15)17-5-4-10-23-13-17/h6-9,14,17,23H,2-5,10-13H2,1H3,(H2,22,25,26). The fourth-order valence-electron chi connectivity index (χ4n) is 3.67. The molecule has 1 atom stereocenters. The Kier molecular flexibility index (Phi) is 5.71. The van der Waals surface area contributed by atoms with Crippen molar-refractivity contribution < 1.29 is 4.74 Å². The third-order valence-electron chi connectivity index (χ3n) is 5.30. The van der Waals surface area contributed by atoms with Gasteiger partial charge in [0.15, 0.2) is 11.5 Å². The topological polar surface area (TPSA) is 90.4 Å². The van der Waals surface area contributed by atoms with Crippen LogP contribution in [-0.4, -0.2) is 39.3 Å². The normalized spacial score (nSPS) is 17.1. The minimum atomic E-state index is 0.304. The lowest BCUT2D eigenvalue weighted by molar-refractivity contribution is 0.280. The molecule has 7 heteroatoms. The van der Waals surface area contributed by atoms with E-state index in [-0.39, 0.29) is 0 Å². The van der Waals surface area contributed by atoms with E-state index in [1.165, 1.54) is 24.0 Å². The van der Waals surface area contributed by atoms with Crippen LogP contribution in [0, 0.1) is 0 Å². The van der Waals surface area contributed by atoms with Crippen molar-refractivity contribution in [2.75, 3.05) is 25.4 Å². The highest BCUT2D eigenvalue weighted by Crippen LogP contribution is 2.24. The van der Waals surface area contributed by atoms with E-state index in [4.69, 9.17) is 10.5 Å². The van der Waals surface area contributed by atoms with Crippen LogP contribution in [0.25, 0.3) is 5.65 Å². The SMILES string of the molecule is CCCCOc1nc(N)c2ncc(Cc3ccc(C4CCCNC4)cc3)n2n1. The molecule has 4 rings (SSSR count). The summed E-state index contributed by atoms with van der Waals surface area (Å²) in [5.74, 6) is 0.960. The van der Waals surface area contributed by atoms with Crippen LogP contribution in [0.2, 0.25) is 0 Å². The number of anilines is 1. The smallest absolute Gasteiger partial charge is 0.336 e. The van der Waals surface area contributed by atoms with Crippen molar-refractivity contribution in [3.05, 3.63) is 47.3 Å². The van der Waals surface area contributed by atoms with Crippen LogP contribution in [0.4, 0.5) is 5.82 Å². The summed E-state index contributed by atoms with van der Waals surface area (Å²) >= 11 is 0. The molecule has 1 aliphatic rings. The van der Waals surface area contributed by atoms with Gasteiger partial charge in [0.25, 0.3) is 0 Å². The average molecular weight is 380 g/mol. The largest absolute Gasteiger partial charge is 0.462 e. The van der Waals surface area contributed by atoms with Gasteiger partial charge in [-0.15, -0.1) is 5.10 Å². The lowest BCUT2D eigenvalue weighted by atomic mass is 9.91. The van der Waals surface area contributed by atoms with Gasteiger partial charge in [-0.3, -0.25) is 0 Å². The Hall–Kier alpha value is -2.67. The van der Waals surface area contributed by atoms with Crippen LogP contribution in [0.5, 0.6) is 6.01 Å². The number of nitrogens with two attached hydrogens (primary N) is 1. The van der Waals surface area contributed by atoms with Gasteiger partial charge in [-0.05, 0) is 42.9 Å². The van der Waals surface area contributed by atoms with Crippen molar-refractivity contribution in [2.24, 2.45) is 0 Å². The molecule has 3 aromatic rings. The van der Waals surface area contributed by atoms with Crippen LogP contribution in [0.1, 0.15) is 55.3 Å². The minimum Gasteiger partial charge on any atom is -0.462 e. The summed E-state index contributed by atoms with van der Waals surface area (Å²) in [4.78, 5) is 8.60. The number of nitrogens with one attached hydrogen (secondary N) is 1. The summed E-state index contributed by atoms with van der Waals surface area (Å²) in [7, 11) is 0. The molecule has 0 amide bonds. The van der Waals surface area contributed by atoms with Crippen LogP contribution < -0.4 is 15.8 Å². The third-order valence-corrected chi connectivity index (χ3v) is 5.30. The molecule has 3 N–H and O–H groups in total. The Morgan fingerprint density at radius 1 is 1.29 bits per heavy atom. The lowest BCUT2D eigenvalue weighted by Gasteiger charge is -2.23. The molecule has 1 fully saturated rings. The van der Waals surface area contributed by atoms with Crippen molar-refractivity contribution in [3.63, 3.8) is 0 Å². The van der Waals surface area contributed by atoms with Gasteiger partial charge in [-0.1, -0.05) is 37.6 Å². The van der Waals surface area contributed by atoms with Gasteiger partial charge in [0.2, 0.25) is 0 Å². The van der Waals surface area contributed by atoms with Crippen molar-refractivity contribution in [1.29, 1.82) is 0 Å². The first-order valence-corrected chi connectivity index (χ1v) is 10.2. The zero-order valence-electron chi connectivity index (χ0n) is 16.4. The van der Waals surface area contributed by atoms with Gasteiger partial charge in [-0.2, -0.15) is 4.98 Å². The van der Waals surface area contributed by atoms with E-state index in [0.717, 1.165) is 38.0 Å². The lowest BCUT2D eigenvalue weighted by Crippen LogP contribution is -2.28. The monoisotopic (exact) mass is 380 g/mol. The van der Waals surface area contributed by atoms with E-state index in [2.05, 4.69) is 51.6 Å². The molecule has 2 aromatic heterocycles. The number of nitrogens with zero attached hydrogens (tertiary/aromatic N) is 4. The fraction of sp³-hybridized carbons (Fsp3) is 0.476. The molecule has 1 aliphatic heterocycles. The maximum Gasteiger partial charge on any atom is 0.336 e. The Labute approximate surface area is 165 Å². The molecular formula is C21H28N6O. The predicted octanol–water partition coefficient (Wildman–Crippen LogP) is 2.94. The van der Waals surface area contributed by atoms with Gasteiger partial charge in [0.05, 0.1) is 18.5 Å². The second-order valence-electron chi connectivity index (χ2n) is 7.43. The second kappa shape index (κ2) is 8.56. The van der Waals surface area contributed by atoms with E-state index >= 15 is 0 Å². The summed E-state index contributed by atoms with van der Waals surface area (Å²) in [5.41, 5.74) is 10.2. The molecule has 1 aromatic carbocycles.